The number of unbranched alkanes of at least 4 members (excludes halogenated alkanes) is 3. The monoisotopic (exact) mass is 317 g/mol. The van der Waals surface area contributed by atoms with Gasteiger partial charge in [-0.15, -0.1) is 0 Å². The fraction of sp³-hybridized carbons (Fsp3) is 1.00. The van der Waals surface area contributed by atoms with Crippen molar-refractivity contribution in [2.75, 3.05) is 19.6 Å². The minimum atomic E-state index is -3.30. The van der Waals surface area contributed by atoms with Crippen LogP contribution in [0.3, 0.4) is 0 Å². The zero-order valence-corrected chi connectivity index (χ0v) is 14.1. The normalized spacial score (nSPS) is 24.3. The lowest BCUT2D eigenvalue weighted by molar-refractivity contribution is 0.242. The van der Waals surface area contributed by atoms with Gasteiger partial charge in [0, 0.05) is 31.7 Å². The second-order valence-electron chi connectivity index (χ2n) is 6.40. The molecule has 0 bridgehead atoms. The van der Waals surface area contributed by atoms with E-state index in [1.165, 1.54) is 25.7 Å². The molecule has 1 unspecified atom stereocenters. The summed E-state index contributed by atoms with van der Waals surface area (Å²) in [5.41, 5.74) is 0. The molecular formula is C15H31N3O2S. The number of hydrogen-bond acceptors (Lipinski definition) is 3. The molecule has 21 heavy (non-hydrogen) atoms. The number of rotatable bonds is 10. The van der Waals surface area contributed by atoms with Crippen molar-refractivity contribution in [2.45, 2.75) is 76.8 Å². The highest BCUT2D eigenvalue weighted by Gasteiger charge is 2.33. The standard InChI is InChI=1S/C15H31N3O2S/c1-2-3-4-6-11-17-21(19,20)18-12-7-5-8-15(18)13-16-14-9-10-14/h14-17H,2-13H2,1H3. The molecule has 2 rings (SSSR count). The molecule has 1 aliphatic carbocycles. The molecule has 5 nitrogen and oxygen atoms in total. The molecule has 1 aliphatic heterocycles. The molecule has 0 amide bonds. The molecule has 0 aromatic rings. The molecule has 0 aromatic carbocycles. The van der Waals surface area contributed by atoms with Gasteiger partial charge in [-0.2, -0.15) is 12.7 Å². The summed E-state index contributed by atoms with van der Waals surface area (Å²) < 4.78 is 29.4. The van der Waals surface area contributed by atoms with Crippen LogP contribution in [0.25, 0.3) is 0 Å². The Morgan fingerprint density at radius 3 is 2.62 bits per heavy atom. The highest BCUT2D eigenvalue weighted by atomic mass is 32.2. The summed E-state index contributed by atoms with van der Waals surface area (Å²) in [6.45, 7) is 4.21. The zero-order chi connectivity index (χ0) is 15.1. The lowest BCUT2D eigenvalue weighted by Gasteiger charge is -2.34. The molecule has 1 saturated heterocycles. The minimum absolute atomic E-state index is 0.132. The van der Waals surface area contributed by atoms with Gasteiger partial charge in [0.15, 0.2) is 0 Å². The Morgan fingerprint density at radius 1 is 1.10 bits per heavy atom. The van der Waals surface area contributed by atoms with E-state index in [0.717, 1.165) is 38.6 Å². The van der Waals surface area contributed by atoms with Crippen LogP contribution in [0.2, 0.25) is 0 Å². The van der Waals surface area contributed by atoms with E-state index < -0.39 is 10.2 Å². The summed E-state index contributed by atoms with van der Waals surface area (Å²) in [5, 5.41) is 3.48. The van der Waals surface area contributed by atoms with Crippen LogP contribution < -0.4 is 10.0 Å². The van der Waals surface area contributed by atoms with E-state index in [-0.39, 0.29) is 6.04 Å². The highest BCUT2D eigenvalue weighted by molar-refractivity contribution is 7.87. The first-order valence-corrected chi connectivity index (χ1v) is 10.1. The average molecular weight is 317 g/mol. The third kappa shape index (κ3) is 5.85. The summed E-state index contributed by atoms with van der Waals surface area (Å²) in [4.78, 5) is 0. The Bertz CT molecular complexity index is 396. The topological polar surface area (TPSA) is 61.4 Å². The molecule has 2 fully saturated rings. The van der Waals surface area contributed by atoms with Gasteiger partial charge in [-0.05, 0) is 32.1 Å². The summed E-state index contributed by atoms with van der Waals surface area (Å²) in [6.07, 6.45) is 9.99. The van der Waals surface area contributed by atoms with Gasteiger partial charge in [0.25, 0.3) is 10.2 Å². The summed E-state index contributed by atoms with van der Waals surface area (Å²) in [5.74, 6) is 0. The number of piperidine rings is 1. The lowest BCUT2D eigenvalue weighted by atomic mass is 10.1. The molecule has 2 aliphatic rings. The number of hydrogen-bond donors (Lipinski definition) is 2. The maximum Gasteiger partial charge on any atom is 0.279 e. The third-order valence-corrected chi connectivity index (χ3v) is 6.08. The van der Waals surface area contributed by atoms with Crippen molar-refractivity contribution in [1.29, 1.82) is 0 Å². The van der Waals surface area contributed by atoms with Crippen LogP contribution in [0.1, 0.15) is 64.7 Å². The van der Waals surface area contributed by atoms with E-state index in [1.54, 1.807) is 4.31 Å². The van der Waals surface area contributed by atoms with E-state index in [4.69, 9.17) is 0 Å². The Kier molecular flexibility index (Phi) is 6.92. The van der Waals surface area contributed by atoms with Crippen molar-refractivity contribution in [2.24, 2.45) is 0 Å². The van der Waals surface area contributed by atoms with Crippen molar-refractivity contribution >= 4 is 10.2 Å². The van der Waals surface area contributed by atoms with Gasteiger partial charge in [0.1, 0.15) is 0 Å². The number of nitrogens with zero attached hydrogens (tertiary/aromatic N) is 1. The van der Waals surface area contributed by atoms with Crippen molar-refractivity contribution in [3.63, 3.8) is 0 Å². The Morgan fingerprint density at radius 2 is 1.90 bits per heavy atom. The van der Waals surface area contributed by atoms with Crippen LogP contribution in [0, 0.1) is 0 Å². The third-order valence-electron chi connectivity index (χ3n) is 4.42. The van der Waals surface area contributed by atoms with Crippen molar-refractivity contribution in [1.82, 2.24) is 14.3 Å². The molecule has 0 aromatic heterocycles. The highest BCUT2D eigenvalue weighted by Crippen LogP contribution is 2.22. The van der Waals surface area contributed by atoms with Gasteiger partial charge >= 0.3 is 0 Å². The van der Waals surface area contributed by atoms with Crippen LogP contribution in [0.4, 0.5) is 0 Å². The van der Waals surface area contributed by atoms with Gasteiger partial charge in [-0.25, -0.2) is 4.72 Å². The van der Waals surface area contributed by atoms with Crippen molar-refractivity contribution in [3.05, 3.63) is 0 Å². The second-order valence-corrected chi connectivity index (χ2v) is 8.11. The summed E-state index contributed by atoms with van der Waals surface area (Å²) in [6, 6.07) is 0.769. The molecule has 0 spiro atoms. The molecule has 0 radical (unpaired) electrons. The smallest absolute Gasteiger partial charge is 0.279 e. The van der Waals surface area contributed by atoms with Crippen LogP contribution in [-0.2, 0) is 10.2 Å². The van der Waals surface area contributed by atoms with Gasteiger partial charge in [-0.3, -0.25) is 0 Å². The predicted molar refractivity (Wildman–Crippen MR) is 86.4 cm³/mol. The van der Waals surface area contributed by atoms with E-state index in [9.17, 15) is 8.42 Å². The van der Waals surface area contributed by atoms with E-state index in [0.29, 0.717) is 19.1 Å². The van der Waals surface area contributed by atoms with E-state index >= 15 is 0 Å². The van der Waals surface area contributed by atoms with Gasteiger partial charge in [0.2, 0.25) is 0 Å². The van der Waals surface area contributed by atoms with Gasteiger partial charge < -0.3 is 5.32 Å². The largest absolute Gasteiger partial charge is 0.312 e. The average Bonchev–Trinajstić information content (AvgIpc) is 3.29. The van der Waals surface area contributed by atoms with Crippen LogP contribution >= 0.6 is 0 Å². The minimum Gasteiger partial charge on any atom is -0.312 e. The lowest BCUT2D eigenvalue weighted by Crippen LogP contribution is -2.52. The van der Waals surface area contributed by atoms with E-state index in [1.807, 2.05) is 0 Å². The number of nitrogens with one attached hydrogen (secondary N) is 2. The first-order chi connectivity index (χ1) is 10.1. The maximum absolute atomic E-state index is 12.5. The molecule has 6 heteroatoms. The fourth-order valence-electron chi connectivity index (χ4n) is 2.92. The zero-order valence-electron chi connectivity index (χ0n) is 13.3. The van der Waals surface area contributed by atoms with Gasteiger partial charge in [-0.1, -0.05) is 32.6 Å². The Labute approximate surface area is 130 Å². The summed E-state index contributed by atoms with van der Waals surface area (Å²) >= 11 is 0. The predicted octanol–water partition coefficient (Wildman–Crippen LogP) is 2.01. The summed E-state index contributed by atoms with van der Waals surface area (Å²) in [7, 11) is -3.30. The maximum atomic E-state index is 12.5. The van der Waals surface area contributed by atoms with Gasteiger partial charge in [0.05, 0.1) is 0 Å². The molecule has 1 saturated carbocycles. The SMILES string of the molecule is CCCCCCNS(=O)(=O)N1CCCCC1CNC1CC1. The molecule has 1 atom stereocenters. The first-order valence-electron chi connectivity index (χ1n) is 8.63. The van der Waals surface area contributed by atoms with Crippen molar-refractivity contribution < 1.29 is 8.42 Å². The second kappa shape index (κ2) is 8.46. The van der Waals surface area contributed by atoms with Crippen molar-refractivity contribution in [3.8, 4) is 0 Å². The fourth-order valence-corrected chi connectivity index (χ4v) is 4.43. The quantitative estimate of drug-likeness (QED) is 0.606. The van der Waals surface area contributed by atoms with E-state index in [2.05, 4.69) is 17.0 Å². The van der Waals surface area contributed by atoms with Crippen LogP contribution in [-0.4, -0.2) is 44.4 Å². The van der Waals surface area contributed by atoms with Crippen LogP contribution in [0.5, 0.6) is 0 Å². The molecule has 124 valence electrons. The molecule has 1 heterocycles. The van der Waals surface area contributed by atoms with Crippen LogP contribution in [0.15, 0.2) is 0 Å². The first kappa shape index (κ1) is 17.2. The molecular weight excluding hydrogens is 286 g/mol. The Balaban J connectivity index is 1.79. The molecule has 2 N–H and O–H groups in total. The Hall–Kier alpha value is -0.170.